The number of ketones is 1. The van der Waals surface area contributed by atoms with Crippen LogP contribution in [0.5, 0.6) is 5.75 Å². The smallest absolute Gasteiger partial charge is 0.169 e. The minimum atomic E-state index is 0.111. The van der Waals surface area contributed by atoms with Crippen molar-refractivity contribution in [3.8, 4) is 5.75 Å². The Bertz CT molecular complexity index is 617. The van der Waals surface area contributed by atoms with E-state index in [1.165, 1.54) is 0 Å². The number of ether oxygens (including phenoxy) is 1. The van der Waals surface area contributed by atoms with Crippen molar-refractivity contribution in [2.75, 3.05) is 7.11 Å². The van der Waals surface area contributed by atoms with Crippen molar-refractivity contribution in [3.05, 3.63) is 44.9 Å². The summed E-state index contributed by atoms with van der Waals surface area (Å²) in [6.45, 7) is 5.86. The van der Waals surface area contributed by atoms with Crippen molar-refractivity contribution in [2.45, 2.75) is 27.2 Å². The summed E-state index contributed by atoms with van der Waals surface area (Å²) >= 11 is 1.55. The molecule has 3 nitrogen and oxygen atoms in total. The molecule has 0 aliphatic heterocycles. The van der Waals surface area contributed by atoms with Gasteiger partial charge in [0, 0.05) is 28.3 Å². The number of thiophene rings is 1. The third-order valence-corrected chi connectivity index (χ3v) is 4.10. The maximum Gasteiger partial charge on any atom is 0.169 e. The molecule has 0 spiro atoms. The van der Waals surface area contributed by atoms with Crippen LogP contribution in [0.2, 0.25) is 0 Å². The Labute approximate surface area is 117 Å². The average molecular weight is 275 g/mol. The summed E-state index contributed by atoms with van der Waals surface area (Å²) in [5.74, 6) is 0.931. The number of nitrogens with zero attached hydrogens (tertiary/aromatic N) is 1. The van der Waals surface area contributed by atoms with E-state index >= 15 is 0 Å². The van der Waals surface area contributed by atoms with Crippen molar-refractivity contribution >= 4 is 17.1 Å². The molecule has 0 aliphatic rings. The van der Waals surface area contributed by atoms with Crippen molar-refractivity contribution in [1.29, 1.82) is 0 Å². The van der Waals surface area contributed by atoms with E-state index in [2.05, 4.69) is 4.98 Å². The topological polar surface area (TPSA) is 39.2 Å². The molecule has 4 heteroatoms. The lowest BCUT2D eigenvalue weighted by Gasteiger charge is -2.11. The molecule has 2 aromatic rings. The maximum atomic E-state index is 12.3. The average Bonchev–Trinajstić information content (AvgIpc) is 2.80. The molecule has 2 heterocycles. The first-order valence-corrected chi connectivity index (χ1v) is 7.04. The molecule has 0 unspecified atom stereocenters. The molecule has 0 saturated heterocycles. The van der Waals surface area contributed by atoms with Crippen LogP contribution in [-0.2, 0) is 6.42 Å². The monoisotopic (exact) mass is 275 g/mol. The number of hydrogen-bond donors (Lipinski definition) is 0. The normalized spacial score (nSPS) is 10.5. The molecule has 0 atom stereocenters. The van der Waals surface area contributed by atoms with Gasteiger partial charge in [-0.25, -0.2) is 0 Å². The van der Waals surface area contributed by atoms with E-state index in [-0.39, 0.29) is 5.78 Å². The Balaban J connectivity index is 2.30. The molecular weight excluding hydrogens is 258 g/mol. The molecule has 0 bridgehead atoms. The molecule has 0 radical (unpaired) electrons. The van der Waals surface area contributed by atoms with Gasteiger partial charge in [0.15, 0.2) is 5.78 Å². The molecule has 0 N–H and O–H groups in total. The predicted octanol–water partition coefficient (Wildman–Crippen LogP) is 3.50. The van der Waals surface area contributed by atoms with Gasteiger partial charge in [-0.2, -0.15) is 11.3 Å². The number of rotatable bonds is 4. The van der Waals surface area contributed by atoms with Gasteiger partial charge in [0.25, 0.3) is 0 Å². The van der Waals surface area contributed by atoms with E-state index in [0.29, 0.717) is 6.42 Å². The number of Topliss-reactive ketones (excluding diaryl/α,β-unsaturated/α-hetero) is 1. The maximum absolute atomic E-state index is 12.3. The zero-order chi connectivity index (χ0) is 14.0. The molecule has 19 heavy (non-hydrogen) atoms. The fraction of sp³-hybridized carbons (Fsp3) is 0.333. The number of methoxy groups -OCH3 is 1. The highest BCUT2D eigenvalue weighted by atomic mass is 32.1. The van der Waals surface area contributed by atoms with E-state index < -0.39 is 0 Å². The second kappa shape index (κ2) is 5.53. The fourth-order valence-corrected chi connectivity index (χ4v) is 3.00. The Kier molecular flexibility index (Phi) is 4.00. The van der Waals surface area contributed by atoms with E-state index in [0.717, 1.165) is 33.7 Å². The van der Waals surface area contributed by atoms with Crippen LogP contribution in [-0.4, -0.2) is 17.9 Å². The van der Waals surface area contributed by atoms with Gasteiger partial charge < -0.3 is 4.74 Å². The molecule has 0 aliphatic carbocycles. The Hall–Kier alpha value is -1.68. The van der Waals surface area contributed by atoms with Crippen LogP contribution in [0.15, 0.2) is 17.0 Å². The summed E-state index contributed by atoms with van der Waals surface area (Å²) in [5.41, 5.74) is 4.56. The molecule has 0 saturated carbocycles. The standard InChI is InChI=1S/C15H17NO2S/c1-9-6-16-13(11(3)15(9)18-4)5-14(17)12-8-19-7-10(12)2/h6-8H,5H2,1-4H3. The number of aryl methyl sites for hydroxylation is 2. The number of hydrogen-bond acceptors (Lipinski definition) is 4. The van der Waals surface area contributed by atoms with Gasteiger partial charge in [0.05, 0.1) is 19.2 Å². The van der Waals surface area contributed by atoms with Gasteiger partial charge in [-0.05, 0) is 31.7 Å². The van der Waals surface area contributed by atoms with E-state index in [9.17, 15) is 4.79 Å². The van der Waals surface area contributed by atoms with E-state index in [1.54, 1.807) is 24.6 Å². The summed E-state index contributed by atoms with van der Waals surface area (Å²) in [7, 11) is 1.64. The second-order valence-electron chi connectivity index (χ2n) is 4.61. The second-order valence-corrected chi connectivity index (χ2v) is 5.36. The molecule has 2 aromatic heterocycles. The van der Waals surface area contributed by atoms with Crippen LogP contribution in [0.3, 0.4) is 0 Å². The summed E-state index contributed by atoms with van der Waals surface area (Å²) in [6, 6.07) is 0. The van der Waals surface area contributed by atoms with Gasteiger partial charge >= 0.3 is 0 Å². The highest BCUT2D eigenvalue weighted by molar-refractivity contribution is 7.08. The molecule has 0 amide bonds. The van der Waals surface area contributed by atoms with Gasteiger partial charge in [-0.1, -0.05) is 0 Å². The SMILES string of the molecule is COc1c(C)cnc(CC(=O)c2cscc2C)c1C. The fourth-order valence-electron chi connectivity index (χ4n) is 2.14. The summed E-state index contributed by atoms with van der Waals surface area (Å²) < 4.78 is 5.36. The van der Waals surface area contributed by atoms with Crippen LogP contribution in [0.4, 0.5) is 0 Å². The molecule has 100 valence electrons. The molecular formula is C15H17NO2S. The van der Waals surface area contributed by atoms with Crippen LogP contribution in [0.25, 0.3) is 0 Å². The lowest BCUT2D eigenvalue weighted by molar-refractivity contribution is 0.0991. The lowest BCUT2D eigenvalue weighted by Crippen LogP contribution is -2.08. The first kappa shape index (κ1) is 13.7. The zero-order valence-electron chi connectivity index (χ0n) is 11.6. The van der Waals surface area contributed by atoms with Gasteiger partial charge in [-0.15, -0.1) is 0 Å². The first-order chi connectivity index (χ1) is 9.04. The summed E-state index contributed by atoms with van der Waals surface area (Å²) in [6.07, 6.45) is 2.08. The van der Waals surface area contributed by atoms with Crippen molar-refractivity contribution in [3.63, 3.8) is 0 Å². The Morgan fingerprint density at radius 2 is 2.00 bits per heavy atom. The largest absolute Gasteiger partial charge is 0.496 e. The van der Waals surface area contributed by atoms with Crippen molar-refractivity contribution in [2.24, 2.45) is 0 Å². The Morgan fingerprint density at radius 3 is 2.58 bits per heavy atom. The van der Waals surface area contributed by atoms with E-state index in [4.69, 9.17) is 4.74 Å². The van der Waals surface area contributed by atoms with Crippen LogP contribution in [0, 0.1) is 20.8 Å². The minimum absolute atomic E-state index is 0.111. The Morgan fingerprint density at radius 1 is 1.26 bits per heavy atom. The quantitative estimate of drug-likeness (QED) is 0.802. The number of carbonyl (C=O) groups is 1. The van der Waals surface area contributed by atoms with E-state index in [1.807, 2.05) is 31.5 Å². The highest BCUT2D eigenvalue weighted by Gasteiger charge is 2.15. The predicted molar refractivity (Wildman–Crippen MR) is 77.4 cm³/mol. The van der Waals surface area contributed by atoms with Crippen LogP contribution < -0.4 is 4.74 Å². The number of aromatic nitrogens is 1. The summed E-state index contributed by atoms with van der Waals surface area (Å²) in [5, 5.41) is 3.89. The first-order valence-electron chi connectivity index (χ1n) is 6.09. The van der Waals surface area contributed by atoms with Gasteiger partial charge in [0.1, 0.15) is 5.75 Å². The summed E-state index contributed by atoms with van der Waals surface area (Å²) in [4.78, 5) is 16.6. The molecule has 2 rings (SSSR count). The van der Waals surface area contributed by atoms with Crippen LogP contribution in [0.1, 0.15) is 32.7 Å². The number of carbonyl (C=O) groups excluding carboxylic acids is 1. The van der Waals surface area contributed by atoms with Crippen molar-refractivity contribution < 1.29 is 9.53 Å². The van der Waals surface area contributed by atoms with Crippen LogP contribution >= 0.6 is 11.3 Å². The molecule has 0 aromatic carbocycles. The van der Waals surface area contributed by atoms with Crippen molar-refractivity contribution in [1.82, 2.24) is 4.98 Å². The highest BCUT2D eigenvalue weighted by Crippen LogP contribution is 2.25. The minimum Gasteiger partial charge on any atom is -0.496 e. The zero-order valence-corrected chi connectivity index (χ0v) is 12.4. The van der Waals surface area contributed by atoms with Gasteiger partial charge in [-0.3, -0.25) is 9.78 Å². The third-order valence-electron chi connectivity index (χ3n) is 3.23. The van der Waals surface area contributed by atoms with Gasteiger partial charge in [0.2, 0.25) is 0 Å². The number of pyridine rings is 1. The third kappa shape index (κ3) is 2.68. The lowest BCUT2D eigenvalue weighted by atomic mass is 10.0. The molecule has 0 fully saturated rings.